The Bertz CT molecular complexity index is 808. The lowest BCUT2D eigenvalue weighted by molar-refractivity contribution is 0.104. The number of nitrogens with one attached hydrogen (secondary N) is 1. The highest BCUT2D eigenvalue weighted by molar-refractivity contribution is 6.10. The fraction of sp³-hybridized carbons (Fsp3) is 0. The van der Waals surface area contributed by atoms with Gasteiger partial charge in [-0.25, -0.2) is 0 Å². The van der Waals surface area contributed by atoms with Crippen molar-refractivity contribution in [2.75, 3.05) is 5.32 Å². The van der Waals surface area contributed by atoms with Gasteiger partial charge < -0.3 is 5.32 Å². The predicted molar refractivity (Wildman–Crippen MR) is 96.0 cm³/mol. The highest BCUT2D eigenvalue weighted by Crippen LogP contribution is 2.21. The fourth-order valence-corrected chi connectivity index (χ4v) is 2.31. The second-order valence-electron chi connectivity index (χ2n) is 5.14. The van der Waals surface area contributed by atoms with Gasteiger partial charge in [0, 0.05) is 16.9 Å². The van der Waals surface area contributed by atoms with E-state index in [0.29, 0.717) is 5.56 Å². The molecule has 3 aromatic carbocycles. The summed E-state index contributed by atoms with van der Waals surface area (Å²) < 4.78 is 0. The molecule has 0 atom stereocenters. The molecular formula is C21H17NO. The summed E-state index contributed by atoms with van der Waals surface area (Å²) in [5.41, 5.74) is 3.43. The molecule has 1 N–H and O–H groups in total. The van der Waals surface area contributed by atoms with Gasteiger partial charge in [0.25, 0.3) is 0 Å². The van der Waals surface area contributed by atoms with Crippen LogP contribution in [0.5, 0.6) is 0 Å². The smallest absolute Gasteiger partial charge is 0.187 e. The third-order valence-corrected chi connectivity index (χ3v) is 3.47. The Balaban J connectivity index is 1.82. The Morgan fingerprint density at radius 1 is 0.739 bits per heavy atom. The molecule has 0 saturated carbocycles. The Morgan fingerprint density at radius 3 is 2.09 bits per heavy atom. The summed E-state index contributed by atoms with van der Waals surface area (Å²) in [6.07, 6.45) is 3.45. The molecule has 0 saturated heterocycles. The zero-order chi connectivity index (χ0) is 15.9. The minimum absolute atomic E-state index is 0.0205. The number of anilines is 2. The van der Waals surface area contributed by atoms with E-state index in [1.807, 2.05) is 91.0 Å². The van der Waals surface area contributed by atoms with Crippen molar-refractivity contribution in [3.8, 4) is 0 Å². The molecule has 0 heterocycles. The SMILES string of the molecule is O=C(/C=C/c1ccccc1)c1ccccc1Nc1ccccc1. The highest BCUT2D eigenvalue weighted by atomic mass is 16.1. The first-order chi connectivity index (χ1) is 11.3. The molecule has 0 aliphatic rings. The molecule has 112 valence electrons. The van der Waals surface area contributed by atoms with Crippen LogP contribution < -0.4 is 5.32 Å². The zero-order valence-electron chi connectivity index (χ0n) is 12.6. The summed E-state index contributed by atoms with van der Waals surface area (Å²) in [6.45, 7) is 0. The lowest BCUT2D eigenvalue weighted by Crippen LogP contribution is -2.01. The van der Waals surface area contributed by atoms with Crippen molar-refractivity contribution in [3.63, 3.8) is 0 Å². The number of benzene rings is 3. The molecule has 23 heavy (non-hydrogen) atoms. The van der Waals surface area contributed by atoms with Gasteiger partial charge in [-0.15, -0.1) is 0 Å². The first kappa shape index (κ1) is 14.8. The quantitative estimate of drug-likeness (QED) is 0.510. The van der Waals surface area contributed by atoms with E-state index >= 15 is 0 Å². The van der Waals surface area contributed by atoms with Crippen LogP contribution in [0.4, 0.5) is 11.4 Å². The van der Waals surface area contributed by atoms with E-state index in [2.05, 4.69) is 5.32 Å². The summed E-state index contributed by atoms with van der Waals surface area (Å²) in [6, 6.07) is 27.2. The van der Waals surface area contributed by atoms with Gasteiger partial charge in [-0.1, -0.05) is 66.7 Å². The van der Waals surface area contributed by atoms with E-state index in [1.54, 1.807) is 6.08 Å². The largest absolute Gasteiger partial charge is 0.355 e. The highest BCUT2D eigenvalue weighted by Gasteiger charge is 2.08. The second kappa shape index (κ2) is 7.23. The molecule has 0 fully saturated rings. The van der Waals surface area contributed by atoms with Crippen molar-refractivity contribution in [2.45, 2.75) is 0 Å². The van der Waals surface area contributed by atoms with E-state index in [9.17, 15) is 4.79 Å². The number of carbonyl (C=O) groups is 1. The summed E-state index contributed by atoms with van der Waals surface area (Å²) in [5.74, 6) is -0.0205. The van der Waals surface area contributed by atoms with Gasteiger partial charge in [0.05, 0.1) is 0 Å². The first-order valence-electron chi connectivity index (χ1n) is 7.51. The van der Waals surface area contributed by atoms with Gasteiger partial charge in [-0.3, -0.25) is 4.79 Å². The lowest BCUT2D eigenvalue weighted by Gasteiger charge is -2.10. The van der Waals surface area contributed by atoms with Crippen LogP contribution in [0.25, 0.3) is 6.08 Å². The standard InChI is InChI=1S/C21H17NO/c23-21(16-15-17-9-3-1-4-10-17)19-13-7-8-14-20(19)22-18-11-5-2-6-12-18/h1-16,22H/b16-15+. The number of rotatable bonds is 5. The Morgan fingerprint density at radius 2 is 1.35 bits per heavy atom. The van der Waals surface area contributed by atoms with Crippen LogP contribution in [0, 0.1) is 0 Å². The lowest BCUT2D eigenvalue weighted by atomic mass is 10.1. The van der Waals surface area contributed by atoms with Crippen LogP contribution in [-0.4, -0.2) is 5.78 Å². The minimum atomic E-state index is -0.0205. The van der Waals surface area contributed by atoms with E-state index in [0.717, 1.165) is 16.9 Å². The van der Waals surface area contributed by atoms with Crippen molar-refractivity contribution in [1.82, 2.24) is 0 Å². The monoisotopic (exact) mass is 299 g/mol. The van der Waals surface area contributed by atoms with Crippen molar-refractivity contribution in [3.05, 3.63) is 102 Å². The maximum Gasteiger partial charge on any atom is 0.187 e. The van der Waals surface area contributed by atoms with Gasteiger partial charge in [-0.2, -0.15) is 0 Å². The molecule has 0 unspecified atom stereocenters. The molecule has 0 spiro atoms. The Kier molecular flexibility index (Phi) is 4.65. The summed E-state index contributed by atoms with van der Waals surface area (Å²) in [4.78, 5) is 12.5. The van der Waals surface area contributed by atoms with E-state index in [1.165, 1.54) is 0 Å². The van der Waals surface area contributed by atoms with Crippen molar-refractivity contribution in [1.29, 1.82) is 0 Å². The number of allylic oxidation sites excluding steroid dienone is 1. The van der Waals surface area contributed by atoms with Gasteiger partial charge in [0.1, 0.15) is 0 Å². The van der Waals surface area contributed by atoms with Crippen LogP contribution in [0.2, 0.25) is 0 Å². The zero-order valence-corrected chi connectivity index (χ0v) is 12.6. The first-order valence-corrected chi connectivity index (χ1v) is 7.51. The summed E-state index contributed by atoms with van der Waals surface area (Å²) in [7, 11) is 0. The topological polar surface area (TPSA) is 29.1 Å². The summed E-state index contributed by atoms with van der Waals surface area (Å²) >= 11 is 0. The number of carbonyl (C=O) groups excluding carboxylic acids is 1. The molecule has 3 aromatic rings. The molecule has 0 aliphatic heterocycles. The third kappa shape index (κ3) is 3.95. The van der Waals surface area contributed by atoms with Crippen molar-refractivity contribution in [2.24, 2.45) is 0 Å². The fourth-order valence-electron chi connectivity index (χ4n) is 2.31. The molecule has 0 aliphatic carbocycles. The minimum Gasteiger partial charge on any atom is -0.355 e. The van der Waals surface area contributed by atoms with Gasteiger partial charge in [-0.05, 0) is 35.9 Å². The van der Waals surface area contributed by atoms with Crippen LogP contribution in [0.1, 0.15) is 15.9 Å². The van der Waals surface area contributed by atoms with Crippen LogP contribution in [0.15, 0.2) is 91.0 Å². The molecule has 0 amide bonds. The molecule has 2 nitrogen and oxygen atoms in total. The normalized spacial score (nSPS) is 10.6. The molecule has 0 bridgehead atoms. The average molecular weight is 299 g/mol. The molecule has 0 aromatic heterocycles. The van der Waals surface area contributed by atoms with Gasteiger partial charge >= 0.3 is 0 Å². The van der Waals surface area contributed by atoms with E-state index in [4.69, 9.17) is 0 Å². The third-order valence-electron chi connectivity index (χ3n) is 3.47. The van der Waals surface area contributed by atoms with E-state index < -0.39 is 0 Å². The summed E-state index contributed by atoms with van der Waals surface area (Å²) in [5, 5.41) is 3.30. The maximum absolute atomic E-state index is 12.5. The maximum atomic E-state index is 12.5. The van der Waals surface area contributed by atoms with Gasteiger partial charge in [0.2, 0.25) is 0 Å². The number of ketones is 1. The van der Waals surface area contributed by atoms with Crippen LogP contribution >= 0.6 is 0 Å². The van der Waals surface area contributed by atoms with Crippen molar-refractivity contribution < 1.29 is 4.79 Å². The van der Waals surface area contributed by atoms with Crippen LogP contribution in [-0.2, 0) is 0 Å². The Labute approximate surface area is 136 Å². The number of para-hydroxylation sites is 2. The molecule has 3 rings (SSSR count). The molecular weight excluding hydrogens is 282 g/mol. The molecule has 0 radical (unpaired) electrons. The predicted octanol–water partition coefficient (Wildman–Crippen LogP) is 5.33. The number of hydrogen-bond donors (Lipinski definition) is 1. The van der Waals surface area contributed by atoms with E-state index in [-0.39, 0.29) is 5.78 Å². The number of hydrogen-bond acceptors (Lipinski definition) is 2. The second-order valence-corrected chi connectivity index (χ2v) is 5.14. The van der Waals surface area contributed by atoms with Crippen LogP contribution in [0.3, 0.4) is 0 Å². The molecule has 2 heteroatoms. The Hall–Kier alpha value is -3.13. The average Bonchev–Trinajstić information content (AvgIpc) is 2.62. The van der Waals surface area contributed by atoms with Gasteiger partial charge in [0.15, 0.2) is 5.78 Å². The van der Waals surface area contributed by atoms with Crippen molar-refractivity contribution >= 4 is 23.2 Å².